The highest BCUT2D eigenvalue weighted by Crippen LogP contribution is 2.21. The molecule has 4 heteroatoms. The molecule has 0 unspecified atom stereocenters. The normalized spacial score (nSPS) is 12.2. The molecule has 0 aliphatic rings. The first-order valence-electron chi connectivity index (χ1n) is 4.21. The van der Waals surface area contributed by atoms with E-state index < -0.39 is 12.1 Å². The Labute approximate surface area is 90.2 Å². The molecule has 1 aromatic carbocycles. The van der Waals surface area contributed by atoms with Gasteiger partial charge in [-0.05, 0) is 24.6 Å². The van der Waals surface area contributed by atoms with Crippen molar-refractivity contribution in [2.75, 3.05) is 6.61 Å². The van der Waals surface area contributed by atoms with Crippen molar-refractivity contribution in [2.45, 2.75) is 13.1 Å². The van der Waals surface area contributed by atoms with Gasteiger partial charge in [-0.2, -0.15) is 0 Å². The molecule has 0 heterocycles. The van der Waals surface area contributed by atoms with E-state index in [2.05, 4.69) is 20.7 Å². The summed E-state index contributed by atoms with van der Waals surface area (Å²) in [4.78, 5) is 11.0. The number of carbonyl (C=O) groups is 1. The average molecular weight is 261 g/mol. The molecular weight excluding hydrogens is 251 g/mol. The van der Waals surface area contributed by atoms with Gasteiger partial charge in [0, 0.05) is 4.47 Å². The van der Waals surface area contributed by atoms with Gasteiger partial charge in [0.25, 0.3) is 0 Å². The van der Waals surface area contributed by atoms with Crippen LogP contribution < -0.4 is 0 Å². The van der Waals surface area contributed by atoms with Crippen molar-refractivity contribution in [3.8, 4) is 0 Å². The lowest BCUT2D eigenvalue weighted by atomic mass is 10.1. The SMILES string of the molecule is CCOC(=O)[C@@H](F)c1ccc(Br)cc1. The molecule has 0 N–H and O–H groups in total. The monoisotopic (exact) mass is 260 g/mol. The summed E-state index contributed by atoms with van der Waals surface area (Å²) < 4.78 is 18.8. The molecule has 0 spiro atoms. The predicted molar refractivity (Wildman–Crippen MR) is 54.6 cm³/mol. The smallest absolute Gasteiger partial charge is 0.345 e. The van der Waals surface area contributed by atoms with Gasteiger partial charge >= 0.3 is 5.97 Å². The Bertz CT molecular complexity index is 310. The number of rotatable bonds is 3. The van der Waals surface area contributed by atoms with Gasteiger partial charge in [-0.1, -0.05) is 28.1 Å². The Kier molecular flexibility index (Phi) is 4.07. The van der Waals surface area contributed by atoms with Gasteiger partial charge < -0.3 is 4.74 Å². The van der Waals surface area contributed by atoms with Crippen LogP contribution in [0.2, 0.25) is 0 Å². The highest BCUT2D eigenvalue weighted by Gasteiger charge is 2.20. The molecule has 0 bridgehead atoms. The molecule has 0 aliphatic heterocycles. The van der Waals surface area contributed by atoms with Crippen molar-refractivity contribution in [3.63, 3.8) is 0 Å². The number of hydrogen-bond acceptors (Lipinski definition) is 2. The summed E-state index contributed by atoms with van der Waals surface area (Å²) >= 11 is 3.22. The lowest BCUT2D eigenvalue weighted by Crippen LogP contribution is -2.11. The molecule has 76 valence electrons. The second-order valence-corrected chi connectivity index (χ2v) is 3.58. The Morgan fingerprint density at radius 2 is 2.07 bits per heavy atom. The van der Waals surface area contributed by atoms with E-state index >= 15 is 0 Å². The maximum atomic E-state index is 13.4. The highest BCUT2D eigenvalue weighted by atomic mass is 79.9. The maximum absolute atomic E-state index is 13.4. The molecule has 0 amide bonds. The topological polar surface area (TPSA) is 26.3 Å². The summed E-state index contributed by atoms with van der Waals surface area (Å²) in [7, 11) is 0. The van der Waals surface area contributed by atoms with Crippen molar-refractivity contribution < 1.29 is 13.9 Å². The van der Waals surface area contributed by atoms with Crippen LogP contribution in [0.1, 0.15) is 18.7 Å². The average Bonchev–Trinajstić information content (AvgIpc) is 2.18. The summed E-state index contributed by atoms with van der Waals surface area (Å²) in [6.07, 6.45) is -1.69. The minimum Gasteiger partial charge on any atom is -0.464 e. The van der Waals surface area contributed by atoms with E-state index in [4.69, 9.17) is 0 Å². The van der Waals surface area contributed by atoms with Gasteiger partial charge in [0.2, 0.25) is 6.17 Å². The van der Waals surface area contributed by atoms with Crippen LogP contribution in [0.5, 0.6) is 0 Å². The van der Waals surface area contributed by atoms with Crippen LogP contribution in [0.4, 0.5) is 4.39 Å². The third-order valence-electron chi connectivity index (χ3n) is 1.66. The zero-order chi connectivity index (χ0) is 10.6. The molecule has 1 atom stereocenters. The van der Waals surface area contributed by atoms with Gasteiger partial charge in [0.15, 0.2) is 0 Å². The first-order chi connectivity index (χ1) is 6.65. The predicted octanol–water partition coefficient (Wildman–Crippen LogP) is 3.02. The van der Waals surface area contributed by atoms with Crippen LogP contribution in [0.25, 0.3) is 0 Å². The summed E-state index contributed by atoms with van der Waals surface area (Å²) in [6.45, 7) is 1.84. The molecular formula is C10H10BrFO2. The number of halogens is 2. The second-order valence-electron chi connectivity index (χ2n) is 2.67. The molecule has 0 radical (unpaired) electrons. The van der Waals surface area contributed by atoms with Crippen molar-refractivity contribution in [1.29, 1.82) is 0 Å². The summed E-state index contributed by atoms with van der Waals surface area (Å²) in [5, 5.41) is 0. The number of ether oxygens (including phenoxy) is 1. The van der Waals surface area contributed by atoms with Crippen LogP contribution in [-0.2, 0) is 9.53 Å². The standard InChI is InChI=1S/C10H10BrFO2/c1-2-14-10(13)9(12)7-3-5-8(11)6-4-7/h3-6,9H,2H2,1H3/t9-/m0/s1. The third kappa shape index (κ3) is 2.80. The lowest BCUT2D eigenvalue weighted by Gasteiger charge is -2.07. The second kappa shape index (κ2) is 5.10. The molecule has 1 rings (SSSR count). The number of esters is 1. The van der Waals surface area contributed by atoms with Gasteiger partial charge in [0.1, 0.15) is 0 Å². The van der Waals surface area contributed by atoms with Gasteiger partial charge in [-0.15, -0.1) is 0 Å². The zero-order valence-corrected chi connectivity index (χ0v) is 9.25. The molecule has 0 aromatic heterocycles. The Balaban J connectivity index is 2.73. The fraction of sp³-hybridized carbons (Fsp3) is 0.300. The number of hydrogen-bond donors (Lipinski definition) is 0. The van der Waals surface area contributed by atoms with E-state index in [1.807, 2.05) is 0 Å². The summed E-state index contributed by atoms with van der Waals surface area (Å²) in [5.41, 5.74) is 0.312. The minimum absolute atomic E-state index is 0.190. The summed E-state index contributed by atoms with van der Waals surface area (Å²) in [6, 6.07) is 6.46. The van der Waals surface area contributed by atoms with Crippen LogP contribution in [0, 0.1) is 0 Å². The molecule has 2 nitrogen and oxygen atoms in total. The fourth-order valence-electron chi connectivity index (χ4n) is 0.983. The number of carbonyl (C=O) groups excluding carboxylic acids is 1. The van der Waals surface area contributed by atoms with E-state index in [-0.39, 0.29) is 6.61 Å². The molecule has 0 fully saturated rings. The molecule has 0 saturated carbocycles. The third-order valence-corrected chi connectivity index (χ3v) is 2.18. The summed E-state index contributed by atoms with van der Waals surface area (Å²) in [5.74, 6) is -0.838. The van der Waals surface area contributed by atoms with Crippen molar-refractivity contribution in [1.82, 2.24) is 0 Å². The van der Waals surface area contributed by atoms with Crippen LogP contribution in [0.15, 0.2) is 28.7 Å². The fourth-order valence-corrected chi connectivity index (χ4v) is 1.25. The van der Waals surface area contributed by atoms with E-state index in [9.17, 15) is 9.18 Å². The lowest BCUT2D eigenvalue weighted by molar-refractivity contribution is -0.149. The van der Waals surface area contributed by atoms with Crippen LogP contribution in [-0.4, -0.2) is 12.6 Å². The molecule has 1 aromatic rings. The van der Waals surface area contributed by atoms with Gasteiger partial charge in [0.05, 0.1) is 6.61 Å². The van der Waals surface area contributed by atoms with Crippen LogP contribution in [0.3, 0.4) is 0 Å². The molecule has 0 aliphatic carbocycles. The maximum Gasteiger partial charge on any atom is 0.345 e. The Morgan fingerprint density at radius 1 is 1.50 bits per heavy atom. The van der Waals surface area contributed by atoms with Crippen molar-refractivity contribution in [3.05, 3.63) is 34.3 Å². The van der Waals surface area contributed by atoms with Gasteiger partial charge in [-0.25, -0.2) is 9.18 Å². The minimum atomic E-state index is -1.69. The quantitative estimate of drug-likeness (QED) is 0.782. The van der Waals surface area contributed by atoms with Crippen molar-refractivity contribution in [2.24, 2.45) is 0 Å². The number of benzene rings is 1. The van der Waals surface area contributed by atoms with E-state index in [1.165, 1.54) is 0 Å². The van der Waals surface area contributed by atoms with E-state index in [1.54, 1.807) is 31.2 Å². The van der Waals surface area contributed by atoms with Gasteiger partial charge in [-0.3, -0.25) is 0 Å². The first-order valence-corrected chi connectivity index (χ1v) is 5.00. The zero-order valence-electron chi connectivity index (χ0n) is 7.67. The Hall–Kier alpha value is -0.900. The van der Waals surface area contributed by atoms with E-state index in [0.29, 0.717) is 5.56 Å². The van der Waals surface area contributed by atoms with E-state index in [0.717, 1.165) is 4.47 Å². The molecule has 14 heavy (non-hydrogen) atoms. The number of alkyl halides is 1. The largest absolute Gasteiger partial charge is 0.464 e. The first kappa shape index (κ1) is 11.2. The highest BCUT2D eigenvalue weighted by molar-refractivity contribution is 9.10. The Morgan fingerprint density at radius 3 is 2.57 bits per heavy atom. The molecule has 0 saturated heterocycles. The van der Waals surface area contributed by atoms with Crippen LogP contribution >= 0.6 is 15.9 Å². The van der Waals surface area contributed by atoms with Crippen molar-refractivity contribution >= 4 is 21.9 Å².